The van der Waals surface area contributed by atoms with Crippen LogP contribution in [0.5, 0.6) is 0 Å². The third-order valence-corrected chi connectivity index (χ3v) is 4.90. The number of hydrogen-bond donors (Lipinski definition) is 1. The molecule has 1 N–H and O–H groups in total. The maximum absolute atomic E-state index is 4.30. The number of benzene rings is 1. The van der Waals surface area contributed by atoms with Gasteiger partial charge in [-0.15, -0.1) is 10.2 Å². The van der Waals surface area contributed by atoms with Crippen LogP contribution >= 0.6 is 0 Å². The molecule has 0 saturated carbocycles. The van der Waals surface area contributed by atoms with Gasteiger partial charge in [-0.1, -0.05) is 19.1 Å². The van der Waals surface area contributed by atoms with Crippen molar-refractivity contribution in [2.75, 3.05) is 6.54 Å². The molecule has 0 unspecified atom stereocenters. The normalized spacial score (nSPS) is 16.8. The summed E-state index contributed by atoms with van der Waals surface area (Å²) in [7, 11) is 0. The Hall–Kier alpha value is -2.47. The third kappa shape index (κ3) is 3.49. The second-order valence-electron chi connectivity index (χ2n) is 6.65. The Kier molecular flexibility index (Phi) is 4.61. The first kappa shape index (κ1) is 16.0. The molecule has 4 rings (SSSR count). The fourth-order valence-corrected chi connectivity index (χ4v) is 3.49. The lowest BCUT2D eigenvalue weighted by atomic mass is 9.99. The van der Waals surface area contributed by atoms with E-state index in [-0.39, 0.29) is 0 Å². The molecule has 1 aliphatic rings. The molecule has 25 heavy (non-hydrogen) atoms. The first-order chi connectivity index (χ1) is 12.3. The van der Waals surface area contributed by atoms with Crippen molar-refractivity contribution in [3.8, 4) is 5.69 Å². The Morgan fingerprint density at radius 1 is 1.20 bits per heavy atom. The van der Waals surface area contributed by atoms with Crippen molar-refractivity contribution in [1.29, 1.82) is 0 Å². The summed E-state index contributed by atoms with van der Waals surface area (Å²) in [6.07, 6.45) is 6.94. The van der Waals surface area contributed by atoms with Gasteiger partial charge in [0, 0.05) is 38.3 Å². The average Bonchev–Trinajstić information content (AvgIpc) is 3.32. The van der Waals surface area contributed by atoms with Crippen molar-refractivity contribution < 1.29 is 0 Å². The molecule has 1 aliphatic heterocycles. The zero-order valence-electron chi connectivity index (χ0n) is 14.6. The van der Waals surface area contributed by atoms with Gasteiger partial charge < -0.3 is 9.88 Å². The second-order valence-corrected chi connectivity index (χ2v) is 6.65. The number of hydrogen-bond acceptors (Lipinski definition) is 4. The standard InChI is InChI=1S/C19H24N6/c1-2-18-22-23-19-9-6-16(14-24(18)19)13-20-12-15-4-7-17(8-5-15)25-11-3-10-21-25/h3-5,7-8,10-11,16,20H,2,6,9,12-14H2,1H3/t16-/m1/s1. The monoisotopic (exact) mass is 336 g/mol. The van der Waals surface area contributed by atoms with Crippen LogP contribution in [0.25, 0.3) is 5.69 Å². The van der Waals surface area contributed by atoms with Crippen molar-refractivity contribution >= 4 is 0 Å². The molecule has 6 nitrogen and oxygen atoms in total. The Morgan fingerprint density at radius 2 is 2.08 bits per heavy atom. The Labute approximate surface area is 147 Å². The lowest BCUT2D eigenvalue weighted by molar-refractivity contribution is 0.342. The molecule has 1 atom stereocenters. The molecule has 0 saturated heterocycles. The summed E-state index contributed by atoms with van der Waals surface area (Å²) in [5.74, 6) is 2.92. The highest BCUT2D eigenvalue weighted by Crippen LogP contribution is 2.20. The second kappa shape index (κ2) is 7.19. The van der Waals surface area contributed by atoms with Crippen molar-refractivity contribution in [2.45, 2.75) is 39.3 Å². The van der Waals surface area contributed by atoms with Crippen molar-refractivity contribution in [1.82, 2.24) is 29.9 Å². The summed E-state index contributed by atoms with van der Waals surface area (Å²) in [5, 5.41) is 16.5. The molecule has 6 heteroatoms. The van der Waals surface area contributed by atoms with Crippen molar-refractivity contribution in [3.05, 3.63) is 59.9 Å². The van der Waals surface area contributed by atoms with Crippen LogP contribution in [0.15, 0.2) is 42.7 Å². The van der Waals surface area contributed by atoms with Crippen LogP contribution in [0, 0.1) is 5.92 Å². The van der Waals surface area contributed by atoms with E-state index in [0.29, 0.717) is 5.92 Å². The van der Waals surface area contributed by atoms with Gasteiger partial charge in [0.25, 0.3) is 0 Å². The molecule has 0 amide bonds. The van der Waals surface area contributed by atoms with Crippen LogP contribution in [0.4, 0.5) is 0 Å². The van der Waals surface area contributed by atoms with Gasteiger partial charge in [-0.05, 0) is 42.6 Å². The highest BCUT2D eigenvalue weighted by Gasteiger charge is 2.21. The van der Waals surface area contributed by atoms with Gasteiger partial charge in [0.1, 0.15) is 11.6 Å². The quantitative estimate of drug-likeness (QED) is 0.751. The molecule has 2 aromatic heterocycles. The number of rotatable bonds is 6. The highest BCUT2D eigenvalue weighted by atomic mass is 15.3. The zero-order valence-corrected chi connectivity index (χ0v) is 14.6. The maximum atomic E-state index is 4.30. The van der Waals surface area contributed by atoms with Crippen LogP contribution in [0.3, 0.4) is 0 Å². The van der Waals surface area contributed by atoms with Crippen molar-refractivity contribution in [2.24, 2.45) is 5.92 Å². The summed E-state index contributed by atoms with van der Waals surface area (Å²) in [6.45, 7) is 5.11. The number of nitrogens with one attached hydrogen (secondary N) is 1. The van der Waals surface area contributed by atoms with E-state index in [1.54, 1.807) is 6.20 Å². The number of nitrogens with zero attached hydrogens (tertiary/aromatic N) is 5. The zero-order chi connectivity index (χ0) is 17.1. The van der Waals surface area contributed by atoms with Gasteiger partial charge in [-0.3, -0.25) is 0 Å². The SMILES string of the molecule is CCc1nnc2n1C[C@@H](CNCc1ccc(-n3cccn3)cc1)CC2. The van der Waals surface area contributed by atoms with Gasteiger partial charge in [0.05, 0.1) is 5.69 Å². The molecular weight excluding hydrogens is 312 g/mol. The lowest BCUT2D eigenvalue weighted by Crippen LogP contribution is -2.30. The smallest absolute Gasteiger partial charge is 0.133 e. The minimum absolute atomic E-state index is 0.650. The first-order valence-corrected chi connectivity index (χ1v) is 9.04. The Morgan fingerprint density at radius 3 is 2.84 bits per heavy atom. The van der Waals surface area contributed by atoms with Crippen LogP contribution in [-0.2, 0) is 25.9 Å². The molecule has 0 radical (unpaired) electrons. The van der Waals surface area contributed by atoms with E-state index in [1.807, 2.05) is 16.9 Å². The Balaban J connectivity index is 1.29. The minimum Gasteiger partial charge on any atom is -0.315 e. The van der Waals surface area contributed by atoms with Crippen LogP contribution < -0.4 is 5.32 Å². The van der Waals surface area contributed by atoms with E-state index < -0.39 is 0 Å². The van der Waals surface area contributed by atoms with Gasteiger partial charge >= 0.3 is 0 Å². The molecule has 0 spiro atoms. The molecule has 3 aromatic rings. The maximum Gasteiger partial charge on any atom is 0.133 e. The van der Waals surface area contributed by atoms with Crippen molar-refractivity contribution in [3.63, 3.8) is 0 Å². The largest absolute Gasteiger partial charge is 0.315 e. The fraction of sp³-hybridized carbons (Fsp3) is 0.421. The van der Waals surface area contributed by atoms with E-state index in [4.69, 9.17) is 0 Å². The van der Waals surface area contributed by atoms with Crippen LogP contribution in [0.1, 0.15) is 30.6 Å². The van der Waals surface area contributed by atoms with E-state index in [2.05, 4.69) is 56.4 Å². The molecule has 0 fully saturated rings. The molecule has 1 aromatic carbocycles. The highest BCUT2D eigenvalue weighted by molar-refractivity contribution is 5.33. The van der Waals surface area contributed by atoms with Gasteiger partial charge in [-0.25, -0.2) is 4.68 Å². The average molecular weight is 336 g/mol. The lowest BCUT2D eigenvalue weighted by Gasteiger charge is -2.24. The molecule has 0 bridgehead atoms. The summed E-state index contributed by atoms with van der Waals surface area (Å²) in [4.78, 5) is 0. The number of aryl methyl sites for hydroxylation is 2. The predicted octanol–water partition coefficient (Wildman–Crippen LogP) is 2.38. The third-order valence-electron chi connectivity index (χ3n) is 4.90. The van der Waals surface area contributed by atoms with Crippen LogP contribution in [0.2, 0.25) is 0 Å². The van der Waals surface area contributed by atoms with E-state index in [9.17, 15) is 0 Å². The summed E-state index contributed by atoms with van der Waals surface area (Å²) < 4.78 is 4.19. The summed E-state index contributed by atoms with van der Waals surface area (Å²) >= 11 is 0. The molecular formula is C19H24N6. The van der Waals surface area contributed by atoms with Crippen LogP contribution in [-0.4, -0.2) is 31.1 Å². The summed E-state index contributed by atoms with van der Waals surface area (Å²) in [5.41, 5.74) is 2.39. The van der Waals surface area contributed by atoms with Gasteiger partial charge in [0.2, 0.25) is 0 Å². The molecule has 130 valence electrons. The van der Waals surface area contributed by atoms with Gasteiger partial charge in [-0.2, -0.15) is 5.10 Å². The van der Waals surface area contributed by atoms with E-state index in [0.717, 1.165) is 49.8 Å². The molecule has 0 aliphatic carbocycles. The Bertz CT molecular complexity index is 790. The fourth-order valence-electron chi connectivity index (χ4n) is 3.49. The number of fused-ring (bicyclic) bond motifs is 1. The van der Waals surface area contributed by atoms with Gasteiger partial charge in [0.15, 0.2) is 0 Å². The predicted molar refractivity (Wildman–Crippen MR) is 96.5 cm³/mol. The summed E-state index contributed by atoms with van der Waals surface area (Å²) in [6, 6.07) is 10.5. The topological polar surface area (TPSA) is 60.6 Å². The minimum atomic E-state index is 0.650. The number of aromatic nitrogens is 5. The first-order valence-electron chi connectivity index (χ1n) is 9.04. The molecule has 3 heterocycles. The van der Waals surface area contributed by atoms with E-state index in [1.165, 1.54) is 12.0 Å². The van der Waals surface area contributed by atoms with E-state index >= 15 is 0 Å².